The molecular formula is C22H22N2O2S. The van der Waals surface area contributed by atoms with Gasteiger partial charge in [-0.25, -0.2) is 13.4 Å². The van der Waals surface area contributed by atoms with E-state index in [1.54, 1.807) is 6.33 Å². The molecule has 1 aromatic heterocycles. The summed E-state index contributed by atoms with van der Waals surface area (Å²) in [7, 11) is -2.97. The number of sulfone groups is 1. The Morgan fingerprint density at radius 2 is 1.74 bits per heavy atom. The van der Waals surface area contributed by atoms with Crippen LogP contribution in [0.1, 0.15) is 30.6 Å². The summed E-state index contributed by atoms with van der Waals surface area (Å²) in [6.07, 6.45) is 4.56. The minimum Gasteiger partial charge on any atom is -0.326 e. The molecule has 0 bridgehead atoms. The van der Waals surface area contributed by atoms with Crippen LogP contribution in [-0.2, 0) is 9.84 Å². The number of hydrogen-bond acceptors (Lipinski definition) is 3. The fourth-order valence-electron chi connectivity index (χ4n) is 3.70. The number of aromatic nitrogens is 2. The summed E-state index contributed by atoms with van der Waals surface area (Å²) in [5, 5.41) is 0. The third-order valence-electron chi connectivity index (χ3n) is 5.00. The van der Waals surface area contributed by atoms with E-state index in [9.17, 15) is 8.42 Å². The lowest BCUT2D eigenvalue weighted by molar-refractivity contribution is 0.550. The van der Waals surface area contributed by atoms with Gasteiger partial charge in [-0.15, -0.1) is 0 Å². The van der Waals surface area contributed by atoms with Crippen molar-refractivity contribution in [2.24, 2.45) is 0 Å². The lowest BCUT2D eigenvalue weighted by atomic mass is 10.0. The molecule has 2 aromatic carbocycles. The second-order valence-corrected chi connectivity index (χ2v) is 9.24. The van der Waals surface area contributed by atoms with Crippen molar-refractivity contribution >= 4 is 21.5 Å². The highest BCUT2D eigenvalue weighted by molar-refractivity contribution is 7.91. The van der Waals surface area contributed by atoms with E-state index < -0.39 is 9.84 Å². The molecule has 4 nitrogen and oxygen atoms in total. The van der Waals surface area contributed by atoms with E-state index in [4.69, 9.17) is 0 Å². The van der Waals surface area contributed by atoms with Crippen LogP contribution in [0.3, 0.4) is 0 Å². The maximum absolute atomic E-state index is 12.0. The van der Waals surface area contributed by atoms with Crippen LogP contribution in [0.4, 0.5) is 0 Å². The Morgan fingerprint density at radius 1 is 1.07 bits per heavy atom. The van der Waals surface area contributed by atoms with Crippen molar-refractivity contribution in [2.75, 3.05) is 11.5 Å². The molecule has 3 aromatic rings. The Bertz CT molecular complexity index is 1070. The largest absolute Gasteiger partial charge is 0.326 e. The van der Waals surface area contributed by atoms with Crippen LogP contribution in [-0.4, -0.2) is 29.5 Å². The Hall–Kier alpha value is -2.66. The van der Waals surface area contributed by atoms with Gasteiger partial charge in [-0.05, 0) is 30.6 Å². The minimum atomic E-state index is -2.97. The fraction of sp³-hybridized carbons (Fsp3) is 0.227. The molecule has 0 spiro atoms. The first-order valence-electron chi connectivity index (χ1n) is 9.10. The smallest absolute Gasteiger partial charge is 0.152 e. The van der Waals surface area contributed by atoms with Crippen LogP contribution in [0, 0.1) is 0 Å². The zero-order valence-electron chi connectivity index (χ0n) is 15.2. The molecule has 0 saturated carbocycles. The van der Waals surface area contributed by atoms with Gasteiger partial charge in [0.1, 0.15) is 0 Å². The molecule has 0 amide bonds. The van der Waals surface area contributed by atoms with Gasteiger partial charge >= 0.3 is 0 Å². The van der Waals surface area contributed by atoms with Gasteiger partial charge in [0.05, 0.1) is 35.3 Å². The number of benzene rings is 2. The van der Waals surface area contributed by atoms with E-state index in [-0.39, 0.29) is 17.5 Å². The molecule has 1 unspecified atom stereocenters. The molecule has 0 radical (unpaired) electrons. The molecule has 27 heavy (non-hydrogen) atoms. The topological polar surface area (TPSA) is 52.0 Å². The summed E-state index contributed by atoms with van der Waals surface area (Å²) in [5.41, 5.74) is 5.10. The quantitative estimate of drug-likeness (QED) is 0.673. The molecule has 0 aliphatic carbocycles. The lowest BCUT2D eigenvalue weighted by Crippen LogP contribution is -2.12. The van der Waals surface area contributed by atoms with E-state index in [2.05, 4.69) is 34.7 Å². The van der Waals surface area contributed by atoms with Crippen molar-refractivity contribution in [2.45, 2.75) is 19.4 Å². The van der Waals surface area contributed by atoms with Gasteiger partial charge < -0.3 is 4.57 Å². The number of rotatable bonds is 4. The molecule has 0 N–H and O–H groups in total. The van der Waals surface area contributed by atoms with Crippen LogP contribution < -0.4 is 0 Å². The molecule has 1 aliphatic rings. The molecule has 2 heterocycles. The summed E-state index contributed by atoms with van der Waals surface area (Å²) >= 11 is 0. The third kappa shape index (κ3) is 3.74. The average molecular weight is 378 g/mol. The molecule has 5 heteroatoms. The molecule has 1 fully saturated rings. The van der Waals surface area contributed by atoms with Crippen LogP contribution in [0.25, 0.3) is 22.9 Å². The maximum Gasteiger partial charge on any atom is 0.152 e. The second kappa shape index (κ2) is 7.16. The Balaban J connectivity index is 1.84. The van der Waals surface area contributed by atoms with E-state index in [0.717, 1.165) is 28.1 Å². The zero-order valence-corrected chi connectivity index (χ0v) is 16.1. The molecule has 1 atom stereocenters. The summed E-state index contributed by atoms with van der Waals surface area (Å²) in [5.74, 6) is 0.431. The standard InChI is InChI=1S/C22H22N2O2S/c1-17(14-18-8-4-2-5-9-18)22-21(19-10-6-3-7-11-19)23-16-24(22)20-12-13-27(25,26)15-20/h2-11,14,16,20H,12-13,15H2,1H3. The summed E-state index contributed by atoms with van der Waals surface area (Å²) < 4.78 is 26.1. The predicted octanol–water partition coefficient (Wildman–Crippen LogP) is 4.47. The Labute approximate surface area is 160 Å². The average Bonchev–Trinajstić information content (AvgIpc) is 3.26. The van der Waals surface area contributed by atoms with Crippen molar-refractivity contribution in [1.82, 2.24) is 9.55 Å². The summed E-state index contributed by atoms with van der Waals surface area (Å²) in [6.45, 7) is 2.07. The van der Waals surface area contributed by atoms with Crippen molar-refractivity contribution < 1.29 is 8.42 Å². The molecule has 138 valence electrons. The van der Waals surface area contributed by atoms with Gasteiger partial charge in [-0.2, -0.15) is 0 Å². The van der Waals surface area contributed by atoms with Crippen LogP contribution in [0.5, 0.6) is 0 Å². The lowest BCUT2D eigenvalue weighted by Gasteiger charge is -2.16. The monoisotopic (exact) mass is 378 g/mol. The van der Waals surface area contributed by atoms with Gasteiger partial charge in [0, 0.05) is 5.56 Å². The molecule has 1 saturated heterocycles. The van der Waals surface area contributed by atoms with Gasteiger partial charge in [0.25, 0.3) is 0 Å². The third-order valence-corrected chi connectivity index (χ3v) is 6.75. The summed E-state index contributed by atoms with van der Waals surface area (Å²) in [4.78, 5) is 4.67. The van der Waals surface area contributed by atoms with Gasteiger partial charge in [-0.1, -0.05) is 60.7 Å². The fourth-order valence-corrected chi connectivity index (χ4v) is 5.41. The van der Waals surface area contributed by atoms with E-state index in [1.807, 2.05) is 48.5 Å². The number of nitrogens with zero attached hydrogens (tertiary/aromatic N) is 2. The molecule has 1 aliphatic heterocycles. The molecule has 4 rings (SSSR count). The van der Waals surface area contributed by atoms with E-state index in [1.165, 1.54) is 0 Å². The first kappa shape index (κ1) is 17.7. The van der Waals surface area contributed by atoms with Crippen LogP contribution in [0.15, 0.2) is 67.0 Å². The predicted molar refractivity (Wildman–Crippen MR) is 110 cm³/mol. The van der Waals surface area contributed by atoms with E-state index >= 15 is 0 Å². The highest BCUT2D eigenvalue weighted by atomic mass is 32.2. The van der Waals surface area contributed by atoms with Crippen molar-refractivity contribution in [3.05, 3.63) is 78.2 Å². The van der Waals surface area contributed by atoms with Crippen molar-refractivity contribution in [3.8, 4) is 11.3 Å². The number of hydrogen-bond donors (Lipinski definition) is 0. The normalized spacial score (nSPS) is 19.3. The number of allylic oxidation sites excluding steroid dienone is 1. The maximum atomic E-state index is 12.0. The summed E-state index contributed by atoms with van der Waals surface area (Å²) in [6, 6.07) is 20.1. The SMILES string of the molecule is CC(=Cc1ccccc1)c1c(-c2ccccc2)ncn1C1CCS(=O)(=O)C1. The highest BCUT2D eigenvalue weighted by Crippen LogP contribution is 2.34. The zero-order chi connectivity index (χ0) is 18.9. The first-order valence-corrected chi connectivity index (χ1v) is 10.9. The van der Waals surface area contributed by atoms with E-state index in [0.29, 0.717) is 6.42 Å². The van der Waals surface area contributed by atoms with Crippen molar-refractivity contribution in [3.63, 3.8) is 0 Å². The number of imidazole rings is 1. The van der Waals surface area contributed by atoms with Crippen LogP contribution >= 0.6 is 0 Å². The van der Waals surface area contributed by atoms with Gasteiger partial charge in [0.2, 0.25) is 0 Å². The Morgan fingerprint density at radius 3 is 2.37 bits per heavy atom. The first-order chi connectivity index (χ1) is 13.0. The van der Waals surface area contributed by atoms with Gasteiger partial charge in [-0.3, -0.25) is 0 Å². The minimum absolute atomic E-state index is 0.0610. The van der Waals surface area contributed by atoms with Gasteiger partial charge in [0.15, 0.2) is 9.84 Å². The Kier molecular flexibility index (Phi) is 4.70. The second-order valence-electron chi connectivity index (χ2n) is 7.01. The molecular weight excluding hydrogens is 356 g/mol. The highest BCUT2D eigenvalue weighted by Gasteiger charge is 2.31. The van der Waals surface area contributed by atoms with Crippen molar-refractivity contribution in [1.29, 1.82) is 0 Å². The van der Waals surface area contributed by atoms with Crippen LogP contribution in [0.2, 0.25) is 0 Å².